The molecular weight excluding hydrogens is 430 g/mol. The molecule has 1 aliphatic carbocycles. The second kappa shape index (κ2) is 11.4. The van der Waals surface area contributed by atoms with Gasteiger partial charge in [0.2, 0.25) is 0 Å². The third-order valence-electron chi connectivity index (χ3n) is 4.90. The average Bonchev–Trinajstić information content (AvgIpc) is 2.95. The number of hydrogen-bond acceptors (Lipinski definition) is 7. The van der Waals surface area contributed by atoms with Gasteiger partial charge in [-0.15, -0.1) is 11.3 Å². The topological polar surface area (TPSA) is 106 Å². The van der Waals surface area contributed by atoms with Gasteiger partial charge in [0, 0.05) is 4.88 Å². The molecule has 0 atom stereocenters. The van der Waals surface area contributed by atoms with Crippen molar-refractivity contribution in [3.8, 4) is 5.75 Å². The summed E-state index contributed by atoms with van der Waals surface area (Å²) in [6.07, 6.45) is 6.14. The van der Waals surface area contributed by atoms with E-state index in [2.05, 4.69) is 15.8 Å². The largest absolute Gasteiger partial charge is 0.494 e. The summed E-state index contributed by atoms with van der Waals surface area (Å²) in [6, 6.07) is 7.14. The third kappa shape index (κ3) is 5.94. The Morgan fingerprint density at radius 3 is 2.50 bits per heavy atom. The van der Waals surface area contributed by atoms with Crippen molar-refractivity contribution in [3.63, 3.8) is 0 Å². The number of hydrogen-bond donors (Lipinski definition) is 2. The number of carbonyl (C=O) groups is 3. The van der Waals surface area contributed by atoms with Gasteiger partial charge in [-0.2, -0.15) is 5.10 Å². The normalized spacial score (nSPS) is 13.2. The van der Waals surface area contributed by atoms with E-state index in [4.69, 9.17) is 9.47 Å². The number of anilines is 1. The highest BCUT2D eigenvalue weighted by atomic mass is 32.1. The summed E-state index contributed by atoms with van der Waals surface area (Å²) in [5.74, 6) is -1.56. The van der Waals surface area contributed by atoms with Crippen LogP contribution in [0, 0.1) is 0 Å². The van der Waals surface area contributed by atoms with Gasteiger partial charge in [0.25, 0.3) is 0 Å². The molecule has 0 aliphatic heterocycles. The molecule has 32 heavy (non-hydrogen) atoms. The van der Waals surface area contributed by atoms with Crippen molar-refractivity contribution < 1.29 is 23.9 Å². The number of nitrogens with zero attached hydrogens (tertiary/aromatic N) is 1. The Morgan fingerprint density at radius 1 is 1.03 bits per heavy atom. The zero-order chi connectivity index (χ0) is 22.9. The van der Waals surface area contributed by atoms with Gasteiger partial charge in [-0.05, 0) is 74.9 Å². The molecule has 9 heteroatoms. The molecule has 1 heterocycles. The summed E-state index contributed by atoms with van der Waals surface area (Å²) >= 11 is 1.34. The lowest BCUT2D eigenvalue weighted by molar-refractivity contribution is -0.136. The molecule has 170 valence electrons. The van der Waals surface area contributed by atoms with E-state index in [9.17, 15) is 14.4 Å². The second-order valence-electron chi connectivity index (χ2n) is 7.14. The van der Waals surface area contributed by atoms with Gasteiger partial charge in [-0.25, -0.2) is 10.2 Å². The zero-order valence-corrected chi connectivity index (χ0v) is 19.0. The summed E-state index contributed by atoms with van der Waals surface area (Å²) in [6.45, 7) is 4.44. The number of nitrogens with one attached hydrogen (secondary N) is 2. The quantitative estimate of drug-likeness (QED) is 0.217. The smallest absolute Gasteiger partial charge is 0.341 e. The van der Waals surface area contributed by atoms with Crippen LogP contribution in [0.1, 0.15) is 59.5 Å². The minimum Gasteiger partial charge on any atom is -0.494 e. The van der Waals surface area contributed by atoms with E-state index >= 15 is 0 Å². The van der Waals surface area contributed by atoms with E-state index in [1.165, 1.54) is 17.6 Å². The highest BCUT2D eigenvalue weighted by Gasteiger charge is 2.27. The van der Waals surface area contributed by atoms with Gasteiger partial charge in [0.1, 0.15) is 10.8 Å². The van der Waals surface area contributed by atoms with Crippen LogP contribution < -0.4 is 15.5 Å². The highest BCUT2D eigenvalue weighted by molar-refractivity contribution is 7.17. The standard InChI is InChI=1S/C23H27N3O5S/c1-3-30-16-12-10-15(11-13-16)14-24-26-21(28)20(27)25-22-19(23(29)31-4-2)17-8-6-5-7-9-18(17)32-22/h10-14H,3-9H2,1-2H3,(H,25,27)(H,26,28). The number of ether oxygens (including phenoxy) is 2. The molecule has 2 N–H and O–H groups in total. The Kier molecular flexibility index (Phi) is 8.38. The van der Waals surface area contributed by atoms with Crippen LogP contribution in [0.3, 0.4) is 0 Å². The number of thiophene rings is 1. The zero-order valence-electron chi connectivity index (χ0n) is 18.2. The molecule has 0 unspecified atom stereocenters. The molecule has 3 rings (SSSR count). The lowest BCUT2D eigenvalue weighted by Gasteiger charge is -2.08. The van der Waals surface area contributed by atoms with E-state index in [0.29, 0.717) is 17.2 Å². The number of benzene rings is 1. The van der Waals surface area contributed by atoms with Crippen molar-refractivity contribution in [3.05, 3.63) is 45.8 Å². The van der Waals surface area contributed by atoms with Crippen LogP contribution in [-0.2, 0) is 27.2 Å². The molecule has 2 amide bonds. The monoisotopic (exact) mass is 457 g/mol. The molecule has 0 saturated heterocycles. The Hall–Kier alpha value is -3.20. The van der Waals surface area contributed by atoms with Crippen molar-refractivity contribution in [2.75, 3.05) is 18.5 Å². The Labute approximate surface area is 191 Å². The first kappa shape index (κ1) is 23.5. The SMILES string of the molecule is CCOC(=O)c1c(NC(=O)C(=O)NN=Cc2ccc(OCC)cc2)sc2c1CCCCC2. The molecule has 0 radical (unpaired) electrons. The molecule has 1 aromatic carbocycles. The van der Waals surface area contributed by atoms with Gasteiger partial charge >= 0.3 is 17.8 Å². The van der Waals surface area contributed by atoms with Crippen molar-refractivity contribution in [2.24, 2.45) is 5.10 Å². The molecule has 1 aliphatic rings. The molecular formula is C23H27N3O5S. The van der Waals surface area contributed by atoms with E-state index in [1.807, 2.05) is 6.92 Å². The number of aryl methyl sites for hydroxylation is 1. The van der Waals surface area contributed by atoms with Crippen LogP contribution in [0.25, 0.3) is 0 Å². The maximum atomic E-state index is 12.6. The predicted octanol–water partition coefficient (Wildman–Crippen LogP) is 3.68. The van der Waals surface area contributed by atoms with Gasteiger partial charge in [-0.3, -0.25) is 9.59 Å². The summed E-state index contributed by atoms with van der Waals surface area (Å²) in [5, 5.41) is 6.76. The first-order valence-corrected chi connectivity index (χ1v) is 11.5. The summed E-state index contributed by atoms with van der Waals surface area (Å²) in [5.41, 5.74) is 4.24. The van der Waals surface area contributed by atoms with Crippen molar-refractivity contribution in [1.29, 1.82) is 0 Å². The fraction of sp³-hybridized carbons (Fsp3) is 0.391. The van der Waals surface area contributed by atoms with Crippen LogP contribution >= 0.6 is 11.3 Å². The maximum absolute atomic E-state index is 12.6. The summed E-state index contributed by atoms with van der Waals surface area (Å²) in [4.78, 5) is 38.3. The minimum absolute atomic E-state index is 0.234. The number of amides is 2. The molecule has 0 fully saturated rings. The second-order valence-corrected chi connectivity index (χ2v) is 8.25. The van der Waals surface area contributed by atoms with Gasteiger partial charge in [0.15, 0.2) is 0 Å². The number of esters is 1. The van der Waals surface area contributed by atoms with Gasteiger partial charge in [-0.1, -0.05) is 6.42 Å². The van der Waals surface area contributed by atoms with E-state index in [1.54, 1.807) is 31.2 Å². The van der Waals surface area contributed by atoms with E-state index in [0.717, 1.165) is 53.9 Å². The van der Waals surface area contributed by atoms with Crippen LogP contribution in [-0.4, -0.2) is 37.2 Å². The number of carbonyl (C=O) groups excluding carboxylic acids is 3. The summed E-state index contributed by atoms with van der Waals surface area (Å²) < 4.78 is 10.6. The van der Waals surface area contributed by atoms with Crippen LogP contribution in [0.5, 0.6) is 5.75 Å². The average molecular weight is 458 g/mol. The molecule has 0 bridgehead atoms. The summed E-state index contributed by atoms with van der Waals surface area (Å²) in [7, 11) is 0. The lowest BCUT2D eigenvalue weighted by atomic mass is 10.1. The van der Waals surface area contributed by atoms with Crippen molar-refractivity contribution in [2.45, 2.75) is 46.0 Å². The predicted molar refractivity (Wildman–Crippen MR) is 124 cm³/mol. The number of rotatable bonds is 7. The first-order valence-electron chi connectivity index (χ1n) is 10.7. The Balaban J connectivity index is 1.66. The van der Waals surface area contributed by atoms with Gasteiger partial charge < -0.3 is 14.8 Å². The fourth-order valence-electron chi connectivity index (χ4n) is 3.44. The number of fused-ring (bicyclic) bond motifs is 1. The maximum Gasteiger partial charge on any atom is 0.341 e. The molecule has 8 nitrogen and oxygen atoms in total. The molecule has 0 spiro atoms. The first-order chi connectivity index (χ1) is 15.5. The van der Waals surface area contributed by atoms with Gasteiger partial charge in [0.05, 0.1) is 25.0 Å². The Morgan fingerprint density at radius 2 is 1.78 bits per heavy atom. The van der Waals surface area contributed by atoms with E-state index in [-0.39, 0.29) is 6.61 Å². The van der Waals surface area contributed by atoms with Crippen molar-refractivity contribution >= 4 is 40.3 Å². The minimum atomic E-state index is -0.925. The Bertz CT molecular complexity index is 998. The van der Waals surface area contributed by atoms with E-state index < -0.39 is 17.8 Å². The van der Waals surface area contributed by atoms with Crippen LogP contribution in [0.4, 0.5) is 5.00 Å². The van der Waals surface area contributed by atoms with Crippen LogP contribution in [0.15, 0.2) is 29.4 Å². The molecule has 0 saturated carbocycles. The highest BCUT2D eigenvalue weighted by Crippen LogP contribution is 2.38. The van der Waals surface area contributed by atoms with Crippen molar-refractivity contribution in [1.82, 2.24) is 5.43 Å². The van der Waals surface area contributed by atoms with Crippen LogP contribution in [0.2, 0.25) is 0 Å². The number of hydrazone groups is 1. The third-order valence-corrected chi connectivity index (χ3v) is 6.11. The lowest BCUT2D eigenvalue weighted by Crippen LogP contribution is -2.32. The molecule has 1 aromatic heterocycles. The fourth-order valence-corrected chi connectivity index (χ4v) is 4.72. The molecule has 2 aromatic rings.